The SMILES string of the molecule is [2H]C1NCCc2cc(-c3cnc4[nH]cc(C)c4c3)cc(OC(=O)N3CCCC3)c21. The van der Waals surface area contributed by atoms with Crippen molar-refractivity contribution < 1.29 is 10.9 Å². The summed E-state index contributed by atoms with van der Waals surface area (Å²) in [4.78, 5) is 22.1. The van der Waals surface area contributed by atoms with E-state index in [1.807, 2.05) is 18.5 Å². The quantitative estimate of drug-likeness (QED) is 0.713. The smallest absolute Gasteiger partial charge is 0.410 e. The molecule has 3 aromatic rings. The molecule has 1 amide bonds. The van der Waals surface area contributed by atoms with Gasteiger partial charge in [0.2, 0.25) is 0 Å². The number of nitrogens with zero attached hydrogens (tertiary/aromatic N) is 2. The first-order chi connectivity index (χ1) is 14.1. The highest BCUT2D eigenvalue weighted by molar-refractivity contribution is 5.85. The molecule has 144 valence electrons. The third-order valence-corrected chi connectivity index (χ3v) is 5.65. The number of aromatic nitrogens is 2. The molecule has 28 heavy (non-hydrogen) atoms. The molecule has 6 heteroatoms. The van der Waals surface area contributed by atoms with Gasteiger partial charge in [0.05, 0.1) is 0 Å². The third kappa shape index (κ3) is 3.03. The van der Waals surface area contributed by atoms with Crippen LogP contribution in [0.15, 0.2) is 30.6 Å². The Kier molecular flexibility index (Phi) is 4.00. The number of pyridine rings is 1. The van der Waals surface area contributed by atoms with E-state index in [0.29, 0.717) is 5.75 Å². The Balaban J connectivity index is 1.58. The molecule has 1 atom stereocenters. The van der Waals surface area contributed by atoms with Gasteiger partial charge in [-0.15, -0.1) is 0 Å². The van der Waals surface area contributed by atoms with Crippen LogP contribution in [-0.2, 0) is 12.9 Å². The largest absolute Gasteiger partial charge is 0.415 e. The van der Waals surface area contributed by atoms with E-state index in [-0.39, 0.29) is 6.09 Å². The minimum Gasteiger partial charge on any atom is -0.410 e. The summed E-state index contributed by atoms with van der Waals surface area (Å²) in [6.45, 7) is 3.66. The van der Waals surface area contributed by atoms with Gasteiger partial charge in [-0.3, -0.25) is 0 Å². The Hall–Kier alpha value is -2.86. The lowest BCUT2D eigenvalue weighted by atomic mass is 9.94. The average Bonchev–Trinajstić information content (AvgIpc) is 3.38. The lowest BCUT2D eigenvalue weighted by Gasteiger charge is -2.23. The number of aryl methyl sites for hydroxylation is 1. The molecule has 1 aromatic carbocycles. The van der Waals surface area contributed by atoms with Gasteiger partial charge in [0.1, 0.15) is 11.4 Å². The van der Waals surface area contributed by atoms with Crippen LogP contribution < -0.4 is 10.1 Å². The molecule has 0 spiro atoms. The Labute approximate surface area is 165 Å². The van der Waals surface area contributed by atoms with E-state index >= 15 is 0 Å². The van der Waals surface area contributed by atoms with Gasteiger partial charge >= 0.3 is 6.09 Å². The maximum absolute atomic E-state index is 12.6. The summed E-state index contributed by atoms with van der Waals surface area (Å²) in [5.74, 6) is 0.479. The molecule has 2 aromatic heterocycles. The van der Waals surface area contributed by atoms with Gasteiger partial charge in [0.15, 0.2) is 0 Å². The van der Waals surface area contributed by atoms with Gasteiger partial charge < -0.3 is 19.9 Å². The molecule has 5 rings (SSSR count). The van der Waals surface area contributed by atoms with Gasteiger partial charge in [-0.2, -0.15) is 0 Å². The van der Waals surface area contributed by atoms with Crippen molar-refractivity contribution in [2.45, 2.75) is 32.7 Å². The molecule has 0 saturated carbocycles. The number of nitrogens with one attached hydrogen (secondary N) is 2. The second-order valence-electron chi connectivity index (χ2n) is 7.55. The second kappa shape index (κ2) is 6.95. The Morgan fingerprint density at radius 3 is 2.96 bits per heavy atom. The highest BCUT2D eigenvalue weighted by Gasteiger charge is 2.23. The summed E-state index contributed by atoms with van der Waals surface area (Å²) in [6.07, 6.45) is 6.29. The predicted octanol–water partition coefficient (Wildman–Crippen LogP) is 3.78. The van der Waals surface area contributed by atoms with Crippen LogP contribution in [0.25, 0.3) is 22.2 Å². The van der Waals surface area contributed by atoms with Gasteiger partial charge in [0, 0.05) is 49.9 Å². The number of likely N-dealkylation sites (tertiary alicyclic amines) is 1. The molecule has 1 saturated heterocycles. The topological polar surface area (TPSA) is 70.2 Å². The molecule has 0 aliphatic carbocycles. The first-order valence-corrected chi connectivity index (χ1v) is 9.83. The summed E-state index contributed by atoms with van der Waals surface area (Å²) in [6, 6.07) is 6.10. The molecular formula is C22H24N4O2. The van der Waals surface area contributed by atoms with Crippen LogP contribution in [0.5, 0.6) is 5.75 Å². The van der Waals surface area contributed by atoms with Crippen molar-refractivity contribution in [2.24, 2.45) is 0 Å². The Morgan fingerprint density at radius 1 is 1.25 bits per heavy atom. The summed E-state index contributed by atoms with van der Waals surface area (Å²) in [5.41, 5.74) is 5.75. The lowest BCUT2D eigenvalue weighted by Crippen LogP contribution is -2.32. The van der Waals surface area contributed by atoms with E-state index in [2.05, 4.69) is 34.3 Å². The number of carbonyl (C=O) groups excluding carboxylic acids is 1. The number of aromatic amines is 1. The number of H-pyrrole nitrogens is 1. The standard InChI is InChI=1S/C22H24N4O2/c1-14-11-24-21-18(14)9-17(12-25-21)16-8-15-4-5-23-13-19(15)20(10-16)28-22(27)26-6-2-3-7-26/h8-12,23H,2-7,13H2,1H3,(H,24,25)/i13D. The molecule has 2 aliphatic heterocycles. The van der Waals surface area contributed by atoms with Crippen molar-refractivity contribution in [3.8, 4) is 16.9 Å². The van der Waals surface area contributed by atoms with Crippen molar-refractivity contribution in [1.82, 2.24) is 20.2 Å². The first kappa shape index (κ1) is 16.1. The molecule has 0 bridgehead atoms. The zero-order chi connectivity index (χ0) is 20.0. The lowest BCUT2D eigenvalue weighted by molar-refractivity contribution is 0.162. The monoisotopic (exact) mass is 377 g/mol. The van der Waals surface area contributed by atoms with Gasteiger partial charge in [-0.25, -0.2) is 9.78 Å². The van der Waals surface area contributed by atoms with Crippen LogP contribution in [0.3, 0.4) is 0 Å². The molecule has 4 heterocycles. The van der Waals surface area contributed by atoms with Crippen LogP contribution in [0, 0.1) is 6.92 Å². The fraction of sp³-hybridized carbons (Fsp3) is 0.364. The van der Waals surface area contributed by atoms with Gasteiger partial charge in [0.25, 0.3) is 0 Å². The number of benzene rings is 1. The van der Waals surface area contributed by atoms with Crippen molar-refractivity contribution in [3.63, 3.8) is 0 Å². The number of carbonyl (C=O) groups is 1. The van der Waals surface area contributed by atoms with E-state index in [4.69, 9.17) is 6.11 Å². The second-order valence-corrected chi connectivity index (χ2v) is 7.55. The summed E-state index contributed by atoms with van der Waals surface area (Å²) in [5, 5.41) is 4.23. The minimum atomic E-state index is -0.596. The van der Waals surface area contributed by atoms with E-state index in [0.717, 1.165) is 77.7 Å². The minimum absolute atomic E-state index is 0.324. The van der Waals surface area contributed by atoms with Crippen LogP contribution in [-0.4, -0.2) is 40.6 Å². The van der Waals surface area contributed by atoms with E-state index < -0.39 is 6.52 Å². The van der Waals surface area contributed by atoms with E-state index in [9.17, 15) is 4.79 Å². The zero-order valence-corrected chi connectivity index (χ0v) is 15.9. The van der Waals surface area contributed by atoms with E-state index in [1.165, 1.54) is 0 Å². The number of ether oxygens (including phenoxy) is 1. The van der Waals surface area contributed by atoms with Crippen LogP contribution in [0.2, 0.25) is 0 Å². The van der Waals surface area contributed by atoms with Crippen molar-refractivity contribution in [3.05, 3.63) is 47.3 Å². The van der Waals surface area contributed by atoms with E-state index in [1.54, 1.807) is 4.90 Å². The van der Waals surface area contributed by atoms with Gasteiger partial charge in [-0.1, -0.05) is 6.07 Å². The highest BCUT2D eigenvalue weighted by Crippen LogP contribution is 2.34. The van der Waals surface area contributed by atoms with Crippen molar-refractivity contribution in [1.29, 1.82) is 0 Å². The van der Waals surface area contributed by atoms with Crippen molar-refractivity contribution >= 4 is 17.1 Å². The number of rotatable bonds is 2. The van der Waals surface area contributed by atoms with Crippen LogP contribution >= 0.6 is 0 Å². The number of hydrogen-bond acceptors (Lipinski definition) is 4. The summed E-state index contributed by atoms with van der Waals surface area (Å²) < 4.78 is 14.2. The molecular weight excluding hydrogens is 352 g/mol. The van der Waals surface area contributed by atoms with Crippen molar-refractivity contribution in [2.75, 3.05) is 19.6 Å². The normalized spacial score (nSPS) is 19.5. The Morgan fingerprint density at radius 2 is 2.11 bits per heavy atom. The van der Waals surface area contributed by atoms with Gasteiger partial charge in [-0.05, 0) is 61.6 Å². The molecule has 2 N–H and O–H groups in total. The molecule has 6 nitrogen and oxygen atoms in total. The number of fused-ring (bicyclic) bond motifs is 2. The first-order valence-electron chi connectivity index (χ1n) is 10.4. The Bertz CT molecular complexity index is 1090. The summed E-state index contributed by atoms with van der Waals surface area (Å²) >= 11 is 0. The number of hydrogen-bond donors (Lipinski definition) is 2. The third-order valence-electron chi connectivity index (χ3n) is 5.65. The maximum Gasteiger partial charge on any atom is 0.415 e. The van der Waals surface area contributed by atoms with Crippen LogP contribution in [0.1, 0.15) is 30.9 Å². The highest BCUT2D eigenvalue weighted by atomic mass is 16.6. The maximum atomic E-state index is 12.6. The predicted molar refractivity (Wildman–Crippen MR) is 109 cm³/mol. The fourth-order valence-electron chi connectivity index (χ4n) is 4.04. The number of amides is 1. The summed E-state index contributed by atoms with van der Waals surface area (Å²) in [7, 11) is 0. The van der Waals surface area contributed by atoms with Crippen LogP contribution in [0.4, 0.5) is 4.79 Å². The average molecular weight is 377 g/mol. The molecule has 1 unspecified atom stereocenters. The fourth-order valence-corrected chi connectivity index (χ4v) is 4.04. The molecule has 0 radical (unpaired) electrons. The molecule has 2 aliphatic rings. The molecule has 1 fully saturated rings. The zero-order valence-electron chi connectivity index (χ0n) is 16.9.